The lowest BCUT2D eigenvalue weighted by Crippen LogP contribution is -2.36. The van der Waals surface area contributed by atoms with Crippen LogP contribution >= 0.6 is 7.60 Å². The molecule has 0 aliphatic carbocycles. The maximum absolute atomic E-state index is 12.7. The standard InChI is InChI=1S/C23H25F3N2O4.C15H15F3NO4P/c1-3-30-19-12-17(11-16-7-9-28(10-8-16)22(29)31-4-2)13-20(14-19)32-21-6-5-18(15-27-21)23(24,25)26;1-2-22-24(20,21)10-11-4-3-5-13(8-11)23-14-7-6-12(9-19-14)15(16,17)18/h5-6,11-15H,3-4,7-10H2,1-2H3;3-9H,2,10H2,1H3,(H,20,21). The molecule has 1 fully saturated rings. The minimum Gasteiger partial charge on any atom is -0.494 e. The summed E-state index contributed by atoms with van der Waals surface area (Å²) in [6, 6.07) is 15.6. The number of carbonyl (C=O) groups excluding carboxylic acids is 1. The normalized spacial score (nSPS) is 14.2. The van der Waals surface area contributed by atoms with Crippen molar-refractivity contribution in [2.75, 3.05) is 32.9 Å². The fourth-order valence-corrected chi connectivity index (χ4v) is 6.35. The van der Waals surface area contributed by atoms with Crippen molar-refractivity contribution in [1.29, 1.82) is 0 Å². The molecule has 2 aromatic carbocycles. The Morgan fingerprint density at radius 3 is 1.89 bits per heavy atom. The van der Waals surface area contributed by atoms with E-state index in [4.69, 9.17) is 23.5 Å². The first-order valence-electron chi connectivity index (χ1n) is 17.3. The molecule has 0 saturated carbocycles. The van der Waals surface area contributed by atoms with Gasteiger partial charge in [0, 0.05) is 43.7 Å². The Kier molecular flexibility index (Phi) is 15.3. The van der Waals surface area contributed by atoms with Crippen molar-refractivity contribution < 1.29 is 64.1 Å². The van der Waals surface area contributed by atoms with Crippen LogP contribution in [0, 0.1) is 0 Å². The highest BCUT2D eigenvalue weighted by Gasteiger charge is 2.31. The van der Waals surface area contributed by atoms with Crippen molar-refractivity contribution in [1.82, 2.24) is 14.9 Å². The summed E-state index contributed by atoms with van der Waals surface area (Å²) in [5.41, 5.74) is 0.781. The van der Waals surface area contributed by atoms with Gasteiger partial charge in [-0.25, -0.2) is 14.8 Å². The Balaban J connectivity index is 0.000000259. The minimum absolute atomic E-state index is 0.0165. The average molecular weight is 812 g/mol. The summed E-state index contributed by atoms with van der Waals surface area (Å²) in [5, 5.41) is 0. The van der Waals surface area contributed by atoms with Crippen LogP contribution in [0.4, 0.5) is 31.1 Å². The number of amides is 1. The zero-order valence-electron chi connectivity index (χ0n) is 30.6. The summed E-state index contributed by atoms with van der Waals surface area (Å²) in [7, 11) is -3.74. The topological polar surface area (TPSA) is 130 Å². The second-order valence-corrected chi connectivity index (χ2v) is 13.8. The molecule has 18 heteroatoms. The summed E-state index contributed by atoms with van der Waals surface area (Å²) in [6.45, 7) is 7.30. The molecule has 1 atom stereocenters. The number of benzene rings is 2. The fourth-order valence-electron chi connectivity index (χ4n) is 5.20. The number of hydrogen-bond donors (Lipinski definition) is 1. The molecule has 5 rings (SSSR count). The smallest absolute Gasteiger partial charge is 0.417 e. The third-order valence-corrected chi connectivity index (χ3v) is 9.13. The van der Waals surface area contributed by atoms with E-state index in [-0.39, 0.29) is 36.4 Å². The Hall–Kier alpha value is -5.12. The molecule has 0 spiro atoms. The van der Waals surface area contributed by atoms with Crippen LogP contribution in [0.3, 0.4) is 0 Å². The van der Waals surface area contributed by atoms with Crippen LogP contribution in [0.5, 0.6) is 29.0 Å². The number of ether oxygens (including phenoxy) is 4. The van der Waals surface area contributed by atoms with Gasteiger partial charge >= 0.3 is 26.0 Å². The third kappa shape index (κ3) is 13.9. The lowest BCUT2D eigenvalue weighted by atomic mass is 10.0. The van der Waals surface area contributed by atoms with Crippen LogP contribution in [-0.4, -0.2) is 58.8 Å². The summed E-state index contributed by atoms with van der Waals surface area (Å²) in [6.07, 6.45) is -4.56. The molecule has 11 nitrogen and oxygen atoms in total. The lowest BCUT2D eigenvalue weighted by Gasteiger charge is -2.27. The van der Waals surface area contributed by atoms with E-state index < -0.39 is 31.1 Å². The van der Waals surface area contributed by atoms with Crippen molar-refractivity contribution in [2.45, 2.75) is 52.1 Å². The number of hydrogen-bond acceptors (Lipinski definition) is 9. The molecule has 1 N–H and O–H groups in total. The number of pyridine rings is 2. The quantitative estimate of drug-likeness (QED) is 0.109. The van der Waals surface area contributed by atoms with E-state index in [2.05, 4.69) is 9.97 Å². The Morgan fingerprint density at radius 1 is 0.786 bits per heavy atom. The molecule has 1 amide bonds. The van der Waals surface area contributed by atoms with Crippen molar-refractivity contribution in [3.05, 3.63) is 107 Å². The van der Waals surface area contributed by atoms with Crippen molar-refractivity contribution in [3.8, 4) is 29.0 Å². The molecule has 0 bridgehead atoms. The van der Waals surface area contributed by atoms with Gasteiger partial charge < -0.3 is 33.3 Å². The van der Waals surface area contributed by atoms with E-state index in [1.54, 1.807) is 49.1 Å². The van der Waals surface area contributed by atoms with E-state index in [0.717, 1.165) is 35.5 Å². The van der Waals surface area contributed by atoms with Gasteiger partial charge in [-0.2, -0.15) is 26.3 Å². The number of likely N-dealkylation sites (tertiary alicyclic amines) is 1. The second kappa shape index (κ2) is 19.6. The number of carbonyl (C=O) groups is 1. The van der Waals surface area contributed by atoms with E-state index in [0.29, 0.717) is 62.4 Å². The maximum Gasteiger partial charge on any atom is 0.417 e. The van der Waals surface area contributed by atoms with Gasteiger partial charge in [0.1, 0.15) is 17.2 Å². The molecule has 2 aromatic heterocycles. The van der Waals surface area contributed by atoms with Crippen molar-refractivity contribution in [2.24, 2.45) is 0 Å². The summed E-state index contributed by atoms with van der Waals surface area (Å²) in [5.74, 6) is 1.30. The van der Waals surface area contributed by atoms with Crippen LogP contribution in [-0.2, 0) is 32.3 Å². The number of aromatic nitrogens is 2. The summed E-state index contributed by atoms with van der Waals surface area (Å²) < 4.78 is 114. The second-order valence-electron chi connectivity index (χ2n) is 12.0. The first-order valence-corrected chi connectivity index (χ1v) is 19.1. The van der Waals surface area contributed by atoms with E-state index in [1.807, 2.05) is 19.1 Å². The van der Waals surface area contributed by atoms with Gasteiger partial charge in [0.2, 0.25) is 11.8 Å². The van der Waals surface area contributed by atoms with Gasteiger partial charge in [-0.05, 0) is 81.1 Å². The van der Waals surface area contributed by atoms with Gasteiger partial charge in [0.15, 0.2) is 0 Å². The highest BCUT2D eigenvalue weighted by molar-refractivity contribution is 7.51. The van der Waals surface area contributed by atoms with Gasteiger partial charge in [-0.1, -0.05) is 23.8 Å². The molecular weight excluding hydrogens is 771 g/mol. The SMILES string of the molecule is CCOC(=O)N1CCC(=Cc2cc(OCC)cc(Oc3ccc(C(F)(F)F)cn3)c2)CC1.CCOP(=O)(O)Cc1cccc(Oc2ccc(C(F)(F)F)cn2)c1. The fraction of sp³-hybridized carbons (Fsp3) is 0.342. The molecule has 1 unspecified atom stereocenters. The van der Waals surface area contributed by atoms with Crippen molar-refractivity contribution in [3.63, 3.8) is 0 Å². The number of halogens is 6. The summed E-state index contributed by atoms with van der Waals surface area (Å²) >= 11 is 0. The average Bonchev–Trinajstić information content (AvgIpc) is 3.12. The number of rotatable bonds is 12. The monoisotopic (exact) mass is 811 g/mol. The molecule has 0 radical (unpaired) electrons. The Bertz CT molecular complexity index is 1970. The van der Waals surface area contributed by atoms with Gasteiger partial charge in [0.05, 0.1) is 37.1 Å². The predicted molar refractivity (Wildman–Crippen MR) is 194 cm³/mol. The van der Waals surface area contributed by atoms with Crippen LogP contribution in [0.25, 0.3) is 6.08 Å². The molecule has 1 aliphatic rings. The van der Waals surface area contributed by atoms with Gasteiger partial charge in [-0.15, -0.1) is 0 Å². The van der Waals surface area contributed by atoms with Crippen LogP contribution in [0.2, 0.25) is 0 Å². The van der Waals surface area contributed by atoms with Gasteiger partial charge in [-0.3, -0.25) is 4.57 Å². The molecule has 3 heterocycles. The van der Waals surface area contributed by atoms with E-state index in [1.165, 1.54) is 12.1 Å². The zero-order chi connectivity index (χ0) is 40.9. The molecule has 4 aromatic rings. The predicted octanol–water partition coefficient (Wildman–Crippen LogP) is 10.5. The largest absolute Gasteiger partial charge is 0.494 e. The van der Waals surface area contributed by atoms with Crippen molar-refractivity contribution >= 4 is 19.8 Å². The van der Waals surface area contributed by atoms with E-state index >= 15 is 0 Å². The molecular formula is C38H40F6N3O8P. The molecule has 56 heavy (non-hydrogen) atoms. The third-order valence-electron chi connectivity index (χ3n) is 7.70. The number of alkyl halides is 6. The highest BCUT2D eigenvalue weighted by atomic mass is 31.2. The minimum atomic E-state index is -4.47. The van der Waals surface area contributed by atoms with Gasteiger partial charge in [0.25, 0.3) is 0 Å². The number of piperidine rings is 1. The van der Waals surface area contributed by atoms with Crippen LogP contribution < -0.4 is 14.2 Å². The first kappa shape index (κ1) is 43.6. The highest BCUT2D eigenvalue weighted by Crippen LogP contribution is 2.46. The zero-order valence-corrected chi connectivity index (χ0v) is 31.5. The molecule has 302 valence electrons. The Morgan fingerprint density at radius 2 is 1.38 bits per heavy atom. The van der Waals surface area contributed by atoms with E-state index in [9.17, 15) is 40.6 Å². The number of nitrogens with zero attached hydrogens (tertiary/aromatic N) is 3. The maximum atomic E-state index is 12.7. The Labute approximate surface area is 319 Å². The molecule has 1 aliphatic heterocycles. The lowest BCUT2D eigenvalue weighted by molar-refractivity contribution is -0.138. The summed E-state index contributed by atoms with van der Waals surface area (Å²) in [4.78, 5) is 30.5. The molecule has 1 saturated heterocycles. The van der Waals surface area contributed by atoms with Crippen LogP contribution in [0.1, 0.15) is 55.9 Å². The first-order chi connectivity index (χ1) is 26.5. The van der Waals surface area contributed by atoms with Crippen LogP contribution in [0.15, 0.2) is 84.7 Å².